The van der Waals surface area contributed by atoms with Gasteiger partial charge in [0.2, 0.25) is 0 Å². The van der Waals surface area contributed by atoms with Crippen LogP contribution in [0.4, 0.5) is 10.5 Å². The zero-order valence-electron chi connectivity index (χ0n) is 15.5. The van der Waals surface area contributed by atoms with Gasteiger partial charge in [0.05, 0.1) is 5.56 Å². The molecular weight excluding hydrogens is 360 g/mol. The van der Waals surface area contributed by atoms with Gasteiger partial charge < -0.3 is 19.8 Å². The Bertz CT molecular complexity index is 982. The first-order chi connectivity index (χ1) is 13.4. The van der Waals surface area contributed by atoms with Crippen molar-refractivity contribution in [3.05, 3.63) is 65.5 Å². The standard InChI is InChI=1S/C20H20N4O4/c1-13-4-3-5-16(12-13)21-20(27)24(2)11-10-17-22-18(28-23-17)14-6-8-15(9-7-14)19(25)26/h3-9,12H,10-11H2,1-2H3,(H,21,27)(H,25,26). The first-order valence-electron chi connectivity index (χ1n) is 8.67. The zero-order valence-corrected chi connectivity index (χ0v) is 15.5. The number of anilines is 1. The molecule has 0 bridgehead atoms. The summed E-state index contributed by atoms with van der Waals surface area (Å²) in [6.07, 6.45) is 0.425. The molecular formula is C20H20N4O4. The Labute approximate surface area is 161 Å². The monoisotopic (exact) mass is 380 g/mol. The molecule has 144 valence electrons. The third kappa shape index (κ3) is 4.73. The minimum atomic E-state index is -0.996. The van der Waals surface area contributed by atoms with Crippen LogP contribution < -0.4 is 5.32 Å². The van der Waals surface area contributed by atoms with Crippen LogP contribution in [0.2, 0.25) is 0 Å². The average molecular weight is 380 g/mol. The summed E-state index contributed by atoms with van der Waals surface area (Å²) in [6.45, 7) is 2.37. The molecule has 0 saturated carbocycles. The topological polar surface area (TPSA) is 109 Å². The van der Waals surface area contributed by atoms with Crippen molar-refractivity contribution in [3.63, 3.8) is 0 Å². The Hall–Kier alpha value is -3.68. The lowest BCUT2D eigenvalue weighted by molar-refractivity contribution is 0.0697. The molecule has 3 rings (SSSR count). The number of nitrogens with zero attached hydrogens (tertiary/aromatic N) is 3. The number of hydrogen-bond donors (Lipinski definition) is 2. The van der Waals surface area contributed by atoms with Gasteiger partial charge in [-0.3, -0.25) is 0 Å². The van der Waals surface area contributed by atoms with Crippen LogP contribution in [0.15, 0.2) is 53.1 Å². The van der Waals surface area contributed by atoms with Crippen LogP contribution in [-0.4, -0.2) is 45.7 Å². The fourth-order valence-corrected chi connectivity index (χ4v) is 2.54. The van der Waals surface area contributed by atoms with Gasteiger partial charge in [0, 0.05) is 31.3 Å². The van der Waals surface area contributed by atoms with Crippen LogP contribution >= 0.6 is 0 Å². The lowest BCUT2D eigenvalue weighted by Crippen LogP contribution is -2.33. The molecule has 0 saturated heterocycles. The Morgan fingerprint density at radius 1 is 1.18 bits per heavy atom. The second-order valence-electron chi connectivity index (χ2n) is 6.37. The molecule has 0 unspecified atom stereocenters. The van der Waals surface area contributed by atoms with Crippen LogP contribution in [-0.2, 0) is 6.42 Å². The minimum absolute atomic E-state index is 0.185. The van der Waals surface area contributed by atoms with Crippen molar-refractivity contribution in [3.8, 4) is 11.5 Å². The van der Waals surface area contributed by atoms with Crippen molar-refractivity contribution in [2.75, 3.05) is 18.9 Å². The molecule has 28 heavy (non-hydrogen) atoms. The molecule has 1 aromatic heterocycles. The van der Waals surface area contributed by atoms with Crippen LogP contribution in [0.5, 0.6) is 0 Å². The summed E-state index contributed by atoms with van der Waals surface area (Å²) in [4.78, 5) is 29.0. The number of hydrogen-bond acceptors (Lipinski definition) is 5. The molecule has 0 aliphatic rings. The zero-order chi connectivity index (χ0) is 20.1. The SMILES string of the molecule is Cc1cccc(NC(=O)N(C)CCc2noc(-c3ccc(C(=O)O)cc3)n2)c1. The number of urea groups is 1. The molecule has 0 aliphatic heterocycles. The van der Waals surface area contributed by atoms with E-state index in [2.05, 4.69) is 15.5 Å². The summed E-state index contributed by atoms with van der Waals surface area (Å²) in [7, 11) is 1.69. The van der Waals surface area contributed by atoms with Crippen LogP contribution in [0.25, 0.3) is 11.5 Å². The fraction of sp³-hybridized carbons (Fsp3) is 0.200. The quantitative estimate of drug-likeness (QED) is 0.678. The van der Waals surface area contributed by atoms with Crippen LogP contribution in [0, 0.1) is 6.92 Å². The number of rotatable bonds is 6. The molecule has 8 heteroatoms. The van der Waals surface area contributed by atoms with E-state index in [4.69, 9.17) is 9.63 Å². The van der Waals surface area contributed by atoms with Crippen molar-refractivity contribution in [2.45, 2.75) is 13.3 Å². The largest absolute Gasteiger partial charge is 0.478 e. The molecule has 0 spiro atoms. The maximum Gasteiger partial charge on any atom is 0.335 e. The maximum absolute atomic E-state index is 12.3. The highest BCUT2D eigenvalue weighted by atomic mass is 16.5. The van der Waals surface area contributed by atoms with E-state index >= 15 is 0 Å². The maximum atomic E-state index is 12.3. The van der Waals surface area contributed by atoms with E-state index in [0.717, 1.165) is 11.3 Å². The van der Waals surface area contributed by atoms with E-state index in [1.807, 2.05) is 31.2 Å². The lowest BCUT2D eigenvalue weighted by Gasteiger charge is -2.17. The number of likely N-dealkylation sites (N-methyl/N-ethyl adjacent to an activating group) is 1. The van der Waals surface area contributed by atoms with E-state index in [0.29, 0.717) is 30.2 Å². The van der Waals surface area contributed by atoms with Gasteiger partial charge in [-0.2, -0.15) is 4.98 Å². The number of nitrogens with one attached hydrogen (secondary N) is 1. The minimum Gasteiger partial charge on any atom is -0.478 e. The highest BCUT2D eigenvalue weighted by Gasteiger charge is 2.13. The summed E-state index contributed by atoms with van der Waals surface area (Å²) < 4.78 is 5.23. The van der Waals surface area contributed by atoms with Gasteiger partial charge in [-0.1, -0.05) is 17.3 Å². The average Bonchev–Trinajstić information content (AvgIpc) is 3.15. The Morgan fingerprint density at radius 3 is 2.61 bits per heavy atom. The van der Waals surface area contributed by atoms with Gasteiger partial charge in [-0.25, -0.2) is 9.59 Å². The van der Waals surface area contributed by atoms with Gasteiger partial charge in [0.15, 0.2) is 5.82 Å². The highest BCUT2D eigenvalue weighted by Crippen LogP contribution is 2.18. The van der Waals surface area contributed by atoms with Crippen molar-refractivity contribution in [1.29, 1.82) is 0 Å². The smallest absolute Gasteiger partial charge is 0.335 e. The van der Waals surface area contributed by atoms with E-state index in [1.54, 1.807) is 24.1 Å². The fourth-order valence-electron chi connectivity index (χ4n) is 2.54. The van der Waals surface area contributed by atoms with Gasteiger partial charge in [-0.05, 0) is 48.9 Å². The molecule has 0 atom stereocenters. The third-order valence-corrected chi connectivity index (χ3v) is 4.13. The van der Waals surface area contributed by atoms with E-state index < -0.39 is 5.97 Å². The summed E-state index contributed by atoms with van der Waals surface area (Å²) in [5.41, 5.74) is 2.62. The molecule has 0 aliphatic carbocycles. The van der Waals surface area contributed by atoms with Crippen LogP contribution in [0.3, 0.4) is 0 Å². The molecule has 2 aromatic carbocycles. The van der Waals surface area contributed by atoms with Crippen molar-refractivity contribution < 1.29 is 19.2 Å². The third-order valence-electron chi connectivity index (χ3n) is 4.13. The predicted octanol–water partition coefficient (Wildman–Crippen LogP) is 3.45. The number of carboxylic acids is 1. The van der Waals surface area contributed by atoms with Gasteiger partial charge in [0.1, 0.15) is 0 Å². The molecule has 2 N–H and O–H groups in total. The van der Waals surface area contributed by atoms with Gasteiger partial charge in [0.25, 0.3) is 5.89 Å². The number of aryl methyl sites for hydroxylation is 1. The number of aromatic carboxylic acids is 1. The van der Waals surface area contributed by atoms with Gasteiger partial charge >= 0.3 is 12.0 Å². The molecule has 1 heterocycles. The van der Waals surface area contributed by atoms with Gasteiger partial charge in [-0.15, -0.1) is 0 Å². The molecule has 3 aromatic rings. The predicted molar refractivity (Wildman–Crippen MR) is 103 cm³/mol. The number of carboxylic acid groups (broad SMARTS) is 1. The van der Waals surface area contributed by atoms with E-state index in [9.17, 15) is 9.59 Å². The summed E-state index contributed by atoms with van der Waals surface area (Å²) in [5.74, 6) is -0.226. The summed E-state index contributed by atoms with van der Waals surface area (Å²) in [5, 5.41) is 15.7. The number of carbonyl (C=O) groups excluding carboxylic acids is 1. The number of benzene rings is 2. The number of aromatic nitrogens is 2. The normalized spacial score (nSPS) is 10.5. The van der Waals surface area contributed by atoms with Crippen LogP contribution in [0.1, 0.15) is 21.7 Å². The Kier molecular flexibility index (Phi) is 5.69. The number of amides is 2. The van der Waals surface area contributed by atoms with Crippen molar-refractivity contribution in [2.24, 2.45) is 0 Å². The molecule has 8 nitrogen and oxygen atoms in total. The Morgan fingerprint density at radius 2 is 1.93 bits per heavy atom. The molecule has 2 amide bonds. The van der Waals surface area contributed by atoms with Crippen molar-refractivity contribution in [1.82, 2.24) is 15.0 Å². The first-order valence-corrected chi connectivity index (χ1v) is 8.67. The van der Waals surface area contributed by atoms with E-state index in [-0.39, 0.29) is 11.6 Å². The Balaban J connectivity index is 1.56. The molecule has 0 fully saturated rings. The second-order valence-corrected chi connectivity index (χ2v) is 6.37. The van der Waals surface area contributed by atoms with Crippen molar-refractivity contribution >= 4 is 17.7 Å². The first kappa shape index (κ1) is 19.1. The molecule has 0 radical (unpaired) electrons. The number of carbonyl (C=O) groups is 2. The second kappa shape index (κ2) is 8.34. The van der Waals surface area contributed by atoms with E-state index in [1.165, 1.54) is 12.1 Å². The lowest BCUT2D eigenvalue weighted by atomic mass is 10.1. The highest BCUT2D eigenvalue weighted by molar-refractivity contribution is 5.89. The summed E-state index contributed by atoms with van der Waals surface area (Å²) >= 11 is 0. The summed E-state index contributed by atoms with van der Waals surface area (Å²) in [6, 6.07) is 13.5.